The van der Waals surface area contributed by atoms with Crippen molar-refractivity contribution in [3.05, 3.63) is 86.9 Å². The first-order chi connectivity index (χ1) is 17.2. The van der Waals surface area contributed by atoms with Crippen molar-refractivity contribution in [1.82, 2.24) is 10.0 Å². The van der Waals surface area contributed by atoms with Gasteiger partial charge in [-0.2, -0.15) is 5.01 Å². The Morgan fingerprint density at radius 1 is 0.972 bits per heavy atom. The maximum atomic E-state index is 13.8. The minimum atomic E-state index is -1.28. The molecule has 2 aliphatic rings. The molecule has 0 unspecified atom stereocenters. The minimum Gasteiger partial charge on any atom is -0.292 e. The number of alkyl halides is 1. The number of amides is 3. The van der Waals surface area contributed by atoms with E-state index >= 15 is 0 Å². The average Bonchev–Trinajstić information content (AvgIpc) is 3.13. The first-order valence-corrected chi connectivity index (χ1v) is 12.1. The second-order valence-electron chi connectivity index (χ2n) is 8.46. The monoisotopic (exact) mass is 529 g/mol. The second kappa shape index (κ2) is 10.6. The van der Waals surface area contributed by atoms with E-state index in [-0.39, 0.29) is 29.1 Å². The van der Waals surface area contributed by atoms with E-state index in [2.05, 4.69) is 0 Å². The maximum absolute atomic E-state index is 13.8. The van der Waals surface area contributed by atoms with Crippen LogP contribution < -0.4 is 0 Å². The minimum absolute atomic E-state index is 0.0299. The Morgan fingerprint density at radius 2 is 1.50 bits per heavy atom. The van der Waals surface area contributed by atoms with E-state index in [0.29, 0.717) is 17.9 Å². The Morgan fingerprint density at radius 3 is 2.00 bits per heavy atom. The molecule has 3 atom stereocenters. The van der Waals surface area contributed by atoms with Crippen molar-refractivity contribution < 1.29 is 24.1 Å². The lowest BCUT2D eigenvalue weighted by atomic mass is 9.85. The van der Waals surface area contributed by atoms with Gasteiger partial charge in [-0.3, -0.25) is 29.3 Å². The highest BCUT2D eigenvalue weighted by Crippen LogP contribution is 2.37. The van der Waals surface area contributed by atoms with Crippen LogP contribution in [0.5, 0.6) is 0 Å². The molecule has 1 heterocycles. The molecule has 9 nitrogen and oxygen atoms in total. The zero-order chi connectivity index (χ0) is 26.0. The van der Waals surface area contributed by atoms with Crippen LogP contribution in [0.25, 0.3) is 0 Å². The van der Waals surface area contributed by atoms with Gasteiger partial charge in [-0.25, -0.2) is 5.01 Å². The molecule has 1 fully saturated rings. The van der Waals surface area contributed by atoms with Crippen LogP contribution in [0.2, 0.25) is 5.02 Å². The van der Waals surface area contributed by atoms with Crippen LogP contribution in [-0.2, 0) is 9.59 Å². The van der Waals surface area contributed by atoms with E-state index in [9.17, 15) is 29.3 Å². The van der Waals surface area contributed by atoms with Crippen LogP contribution >= 0.6 is 23.2 Å². The molecule has 2 aromatic rings. The van der Waals surface area contributed by atoms with Gasteiger partial charge in [-0.15, -0.1) is 11.6 Å². The van der Waals surface area contributed by atoms with E-state index in [4.69, 9.17) is 23.2 Å². The Balaban J connectivity index is 1.80. The van der Waals surface area contributed by atoms with E-state index in [1.54, 1.807) is 0 Å². The van der Waals surface area contributed by atoms with Gasteiger partial charge in [0.25, 0.3) is 23.4 Å². The maximum Gasteiger partial charge on any atom is 0.273 e. The molecule has 0 bridgehead atoms. The topological polar surface area (TPSA) is 118 Å². The Bertz CT molecular complexity index is 1220. The van der Waals surface area contributed by atoms with Crippen molar-refractivity contribution in [2.45, 2.75) is 25.3 Å². The molecule has 1 aliphatic carbocycles. The normalized spacial score (nSPS) is 19.7. The number of Topliss-reactive ketones (excluding diaryl/α,β-unsaturated/α-hetero) is 1. The number of benzene rings is 2. The lowest BCUT2D eigenvalue weighted by molar-refractivity contribution is -0.384. The van der Waals surface area contributed by atoms with E-state index in [1.165, 1.54) is 36.4 Å². The van der Waals surface area contributed by atoms with Gasteiger partial charge >= 0.3 is 0 Å². The highest BCUT2D eigenvalue weighted by atomic mass is 35.5. The number of halogens is 2. The highest BCUT2D eigenvalue weighted by Gasteiger charge is 2.53. The van der Waals surface area contributed by atoms with E-state index in [0.717, 1.165) is 22.2 Å². The van der Waals surface area contributed by atoms with Gasteiger partial charge in [0.1, 0.15) is 6.04 Å². The number of nitrogens with zero attached hydrogens (tertiary/aromatic N) is 3. The zero-order valence-electron chi connectivity index (χ0n) is 18.9. The third-order valence-electron chi connectivity index (χ3n) is 6.34. The van der Waals surface area contributed by atoms with Crippen molar-refractivity contribution in [2.24, 2.45) is 11.8 Å². The van der Waals surface area contributed by atoms with Crippen LogP contribution in [0, 0.1) is 22.0 Å². The molecular formula is C25H21Cl2N3O6. The molecular weight excluding hydrogens is 509 g/mol. The van der Waals surface area contributed by atoms with Crippen LogP contribution in [0.15, 0.2) is 60.7 Å². The van der Waals surface area contributed by atoms with Gasteiger partial charge in [0, 0.05) is 34.2 Å². The molecule has 0 radical (unpaired) electrons. The fourth-order valence-corrected chi connectivity index (χ4v) is 4.83. The molecule has 4 rings (SSSR count). The smallest absolute Gasteiger partial charge is 0.273 e. The van der Waals surface area contributed by atoms with Gasteiger partial charge in [-0.05, 0) is 55.7 Å². The third-order valence-corrected chi connectivity index (χ3v) is 6.81. The number of hydrogen-bond donors (Lipinski definition) is 0. The Labute approximate surface area is 216 Å². The number of ketones is 1. The van der Waals surface area contributed by atoms with Crippen molar-refractivity contribution >= 4 is 52.4 Å². The molecule has 0 saturated carbocycles. The number of non-ortho nitro benzene ring substituents is 1. The molecule has 36 heavy (non-hydrogen) atoms. The largest absolute Gasteiger partial charge is 0.292 e. The number of hydrazine groups is 1. The number of carbonyl (C=O) groups is 4. The quantitative estimate of drug-likeness (QED) is 0.124. The summed E-state index contributed by atoms with van der Waals surface area (Å²) in [5.74, 6) is -3.83. The van der Waals surface area contributed by atoms with Gasteiger partial charge < -0.3 is 0 Å². The second-order valence-corrected chi connectivity index (χ2v) is 9.28. The van der Waals surface area contributed by atoms with Crippen molar-refractivity contribution in [2.75, 3.05) is 5.88 Å². The molecule has 2 aromatic carbocycles. The van der Waals surface area contributed by atoms with Crippen LogP contribution in [0.1, 0.15) is 40.0 Å². The van der Waals surface area contributed by atoms with Crippen molar-refractivity contribution in [1.29, 1.82) is 0 Å². The Hall–Kier alpha value is -3.56. The summed E-state index contributed by atoms with van der Waals surface area (Å²) in [5, 5.41) is 13.1. The molecule has 0 spiro atoms. The zero-order valence-corrected chi connectivity index (χ0v) is 20.4. The Kier molecular flexibility index (Phi) is 7.51. The first-order valence-electron chi connectivity index (χ1n) is 11.2. The summed E-state index contributed by atoms with van der Waals surface area (Å²) >= 11 is 12.0. The average molecular weight is 530 g/mol. The number of nitro benzene ring substituents is 1. The molecule has 1 aliphatic heterocycles. The first kappa shape index (κ1) is 25.5. The predicted molar refractivity (Wildman–Crippen MR) is 131 cm³/mol. The van der Waals surface area contributed by atoms with Crippen molar-refractivity contribution in [3.63, 3.8) is 0 Å². The van der Waals surface area contributed by atoms with Crippen LogP contribution in [0.3, 0.4) is 0 Å². The molecule has 186 valence electrons. The number of allylic oxidation sites excluding steroid dienone is 2. The number of rotatable bonds is 8. The number of carbonyl (C=O) groups excluding carboxylic acids is 4. The molecule has 11 heteroatoms. The summed E-state index contributed by atoms with van der Waals surface area (Å²) in [5.41, 5.74) is -0.0510. The standard InChI is InChI=1S/C25H21Cl2N3O6/c26-14-13-21(22(31)15-5-9-17(27)10-6-15)28(23(32)16-7-11-18(12-8-16)30(35)36)29-24(33)19-3-1-2-4-20(19)25(29)34/h1-2,5-12,19-21H,3-4,13-14H2/t19-,20+,21-/m1/s1. The highest BCUT2D eigenvalue weighted by molar-refractivity contribution is 6.30. The van der Waals surface area contributed by atoms with E-state index in [1.807, 2.05) is 12.2 Å². The van der Waals surface area contributed by atoms with Gasteiger partial charge in [-0.1, -0.05) is 23.8 Å². The molecule has 0 aromatic heterocycles. The predicted octanol–water partition coefficient (Wildman–Crippen LogP) is 4.44. The van der Waals surface area contributed by atoms with Gasteiger partial charge in [0.2, 0.25) is 0 Å². The summed E-state index contributed by atoms with van der Waals surface area (Å²) in [6, 6.07) is 9.43. The number of fused-ring (bicyclic) bond motifs is 1. The summed E-state index contributed by atoms with van der Waals surface area (Å²) in [6.45, 7) is 0. The summed E-state index contributed by atoms with van der Waals surface area (Å²) in [6.07, 6.45) is 4.26. The van der Waals surface area contributed by atoms with Gasteiger partial charge in [0.05, 0.1) is 16.8 Å². The van der Waals surface area contributed by atoms with Gasteiger partial charge in [0.15, 0.2) is 5.78 Å². The lowest BCUT2D eigenvalue weighted by Gasteiger charge is -2.36. The van der Waals surface area contributed by atoms with E-state index < -0.39 is 46.3 Å². The molecule has 0 N–H and O–H groups in total. The summed E-state index contributed by atoms with van der Waals surface area (Å²) in [4.78, 5) is 64.7. The van der Waals surface area contributed by atoms with Crippen LogP contribution in [0.4, 0.5) is 5.69 Å². The molecule has 1 saturated heterocycles. The summed E-state index contributed by atoms with van der Waals surface area (Å²) < 4.78 is 0. The molecule has 3 amide bonds. The van der Waals surface area contributed by atoms with Crippen molar-refractivity contribution in [3.8, 4) is 0 Å². The lowest BCUT2D eigenvalue weighted by Crippen LogP contribution is -2.57. The SMILES string of the molecule is O=C(c1ccc(Cl)cc1)[C@@H](CCCl)N(C(=O)c1ccc([N+](=O)[O-])cc1)N1C(=O)[C@H]2CC=CC[C@H]2C1=O. The number of hydrogen-bond acceptors (Lipinski definition) is 6. The fraction of sp³-hybridized carbons (Fsp3) is 0.280. The third kappa shape index (κ3) is 4.76. The number of nitro groups is 1. The summed E-state index contributed by atoms with van der Waals surface area (Å²) in [7, 11) is 0. The van der Waals surface area contributed by atoms with Crippen LogP contribution in [-0.4, -0.2) is 50.4 Å². The number of imide groups is 1. The fourth-order valence-electron chi connectivity index (χ4n) is 4.50.